The van der Waals surface area contributed by atoms with Crippen molar-refractivity contribution in [3.63, 3.8) is 0 Å². The van der Waals surface area contributed by atoms with Crippen molar-refractivity contribution in [2.45, 2.75) is 6.04 Å². The first kappa shape index (κ1) is 14.0. The van der Waals surface area contributed by atoms with E-state index in [0.717, 1.165) is 31.1 Å². The molecule has 5 nitrogen and oxygen atoms in total. The number of carbonyl (C=O) groups excluding carboxylic acids is 1. The van der Waals surface area contributed by atoms with Gasteiger partial charge in [-0.3, -0.25) is 9.69 Å². The van der Waals surface area contributed by atoms with Crippen LogP contribution in [0.4, 0.5) is 0 Å². The fourth-order valence-electron chi connectivity index (χ4n) is 2.80. The third-order valence-electron chi connectivity index (χ3n) is 3.89. The molecule has 3 rings (SSSR count). The van der Waals surface area contributed by atoms with Gasteiger partial charge in [0.1, 0.15) is 6.04 Å². The van der Waals surface area contributed by atoms with Crippen molar-refractivity contribution in [3.05, 3.63) is 22.4 Å². The van der Waals surface area contributed by atoms with Crippen molar-refractivity contribution in [1.29, 1.82) is 0 Å². The smallest absolute Gasteiger partial charge is 0.245 e. The van der Waals surface area contributed by atoms with Crippen LogP contribution in [0.15, 0.2) is 17.5 Å². The molecule has 2 aliphatic rings. The van der Waals surface area contributed by atoms with Crippen LogP contribution in [0.2, 0.25) is 0 Å². The van der Waals surface area contributed by atoms with Gasteiger partial charge < -0.3 is 15.0 Å². The van der Waals surface area contributed by atoms with Gasteiger partial charge in [-0.1, -0.05) is 6.07 Å². The molecule has 0 saturated carbocycles. The average molecular weight is 295 g/mol. The van der Waals surface area contributed by atoms with Gasteiger partial charge in [-0.2, -0.15) is 0 Å². The molecule has 0 radical (unpaired) electrons. The lowest BCUT2D eigenvalue weighted by Crippen LogP contribution is -2.51. The summed E-state index contributed by atoms with van der Waals surface area (Å²) in [5.74, 6) is 0.234. The van der Waals surface area contributed by atoms with Crippen molar-refractivity contribution in [3.8, 4) is 0 Å². The third kappa shape index (κ3) is 3.03. The molecule has 20 heavy (non-hydrogen) atoms. The molecule has 2 fully saturated rings. The summed E-state index contributed by atoms with van der Waals surface area (Å²) in [4.78, 5) is 18.3. The first-order chi connectivity index (χ1) is 9.86. The van der Waals surface area contributed by atoms with Crippen molar-refractivity contribution in [1.82, 2.24) is 15.1 Å². The SMILES string of the molecule is O=C(C(c1cccs1)N1CCNCC1)N1CCOCC1. The van der Waals surface area contributed by atoms with Crippen LogP contribution in [0.3, 0.4) is 0 Å². The van der Waals surface area contributed by atoms with Gasteiger partial charge in [0.05, 0.1) is 13.2 Å². The monoisotopic (exact) mass is 295 g/mol. The number of rotatable bonds is 3. The van der Waals surface area contributed by atoms with E-state index in [4.69, 9.17) is 4.74 Å². The number of nitrogens with zero attached hydrogens (tertiary/aromatic N) is 2. The lowest BCUT2D eigenvalue weighted by atomic mass is 10.1. The Morgan fingerprint density at radius 1 is 1.25 bits per heavy atom. The molecule has 6 heteroatoms. The number of thiophene rings is 1. The Balaban J connectivity index is 1.78. The van der Waals surface area contributed by atoms with Gasteiger partial charge in [-0.25, -0.2) is 0 Å². The lowest BCUT2D eigenvalue weighted by molar-refractivity contribution is -0.141. The van der Waals surface area contributed by atoms with E-state index in [9.17, 15) is 4.79 Å². The van der Waals surface area contributed by atoms with Crippen molar-refractivity contribution in [2.75, 3.05) is 52.5 Å². The predicted molar refractivity (Wildman–Crippen MR) is 78.9 cm³/mol. The molecule has 1 N–H and O–H groups in total. The summed E-state index contributed by atoms with van der Waals surface area (Å²) in [5.41, 5.74) is 0. The zero-order valence-electron chi connectivity index (χ0n) is 11.6. The van der Waals surface area contributed by atoms with E-state index in [1.165, 1.54) is 0 Å². The first-order valence-electron chi connectivity index (χ1n) is 7.21. The minimum atomic E-state index is -0.116. The fourth-order valence-corrected chi connectivity index (χ4v) is 3.65. The Hall–Kier alpha value is -0.950. The topological polar surface area (TPSA) is 44.8 Å². The van der Waals surface area contributed by atoms with Gasteiger partial charge in [-0.05, 0) is 11.4 Å². The molecule has 1 atom stereocenters. The molecule has 1 unspecified atom stereocenters. The van der Waals surface area contributed by atoms with E-state index in [-0.39, 0.29) is 11.9 Å². The Kier molecular flexibility index (Phi) is 4.67. The number of hydrogen-bond donors (Lipinski definition) is 1. The maximum absolute atomic E-state index is 12.9. The van der Waals surface area contributed by atoms with Crippen LogP contribution in [0.25, 0.3) is 0 Å². The van der Waals surface area contributed by atoms with E-state index in [2.05, 4.69) is 21.7 Å². The Morgan fingerprint density at radius 2 is 2.00 bits per heavy atom. The predicted octanol–water partition coefficient (Wildman–Crippen LogP) is 0.553. The van der Waals surface area contributed by atoms with Crippen LogP contribution in [-0.4, -0.2) is 68.2 Å². The Morgan fingerprint density at radius 3 is 2.65 bits per heavy atom. The second-order valence-electron chi connectivity index (χ2n) is 5.14. The summed E-state index contributed by atoms with van der Waals surface area (Å²) < 4.78 is 5.35. The van der Waals surface area contributed by atoms with Crippen molar-refractivity contribution < 1.29 is 9.53 Å². The minimum Gasteiger partial charge on any atom is -0.378 e. The van der Waals surface area contributed by atoms with Gasteiger partial charge in [0.2, 0.25) is 5.91 Å². The van der Waals surface area contributed by atoms with Crippen LogP contribution in [0.5, 0.6) is 0 Å². The van der Waals surface area contributed by atoms with Crippen LogP contribution >= 0.6 is 11.3 Å². The second-order valence-corrected chi connectivity index (χ2v) is 6.12. The highest BCUT2D eigenvalue weighted by atomic mass is 32.1. The highest BCUT2D eigenvalue weighted by Crippen LogP contribution is 2.27. The zero-order valence-corrected chi connectivity index (χ0v) is 12.4. The molecule has 2 saturated heterocycles. The maximum atomic E-state index is 12.9. The molecule has 1 aromatic heterocycles. The summed E-state index contributed by atoms with van der Waals surface area (Å²) in [6, 6.07) is 3.99. The van der Waals surface area contributed by atoms with Gasteiger partial charge in [-0.15, -0.1) is 11.3 Å². The molecule has 1 aromatic rings. The number of hydrogen-bond acceptors (Lipinski definition) is 5. The highest BCUT2D eigenvalue weighted by Gasteiger charge is 2.33. The molecule has 0 bridgehead atoms. The van der Waals surface area contributed by atoms with Crippen LogP contribution in [-0.2, 0) is 9.53 Å². The Bertz CT molecular complexity index is 426. The van der Waals surface area contributed by atoms with Crippen molar-refractivity contribution in [2.24, 2.45) is 0 Å². The summed E-state index contributed by atoms with van der Waals surface area (Å²) in [5, 5.41) is 5.40. The van der Waals surface area contributed by atoms with E-state index in [1.54, 1.807) is 11.3 Å². The molecule has 110 valence electrons. The largest absolute Gasteiger partial charge is 0.378 e. The number of carbonyl (C=O) groups is 1. The molecular formula is C14H21N3O2S. The van der Waals surface area contributed by atoms with Gasteiger partial charge in [0, 0.05) is 44.1 Å². The molecule has 0 aliphatic carbocycles. The molecule has 3 heterocycles. The zero-order chi connectivity index (χ0) is 13.8. The van der Waals surface area contributed by atoms with Crippen molar-refractivity contribution >= 4 is 17.2 Å². The van der Waals surface area contributed by atoms with Gasteiger partial charge >= 0.3 is 0 Å². The Labute approximate surface area is 123 Å². The van der Waals surface area contributed by atoms with Gasteiger partial charge in [0.15, 0.2) is 0 Å². The van der Waals surface area contributed by atoms with Crippen LogP contribution in [0, 0.1) is 0 Å². The van der Waals surface area contributed by atoms with E-state index < -0.39 is 0 Å². The molecular weight excluding hydrogens is 274 g/mol. The van der Waals surface area contributed by atoms with Gasteiger partial charge in [0.25, 0.3) is 0 Å². The summed E-state index contributed by atoms with van der Waals surface area (Å²) in [6.45, 7) is 6.52. The third-order valence-corrected chi connectivity index (χ3v) is 4.81. The normalized spacial score (nSPS) is 22.7. The second kappa shape index (κ2) is 6.67. The number of piperazine rings is 1. The van der Waals surface area contributed by atoms with E-state index in [1.807, 2.05) is 11.0 Å². The highest BCUT2D eigenvalue weighted by molar-refractivity contribution is 7.10. The number of ether oxygens (including phenoxy) is 1. The quantitative estimate of drug-likeness (QED) is 0.885. The molecule has 2 aliphatic heterocycles. The first-order valence-corrected chi connectivity index (χ1v) is 8.09. The van der Waals surface area contributed by atoms with E-state index >= 15 is 0 Å². The van der Waals surface area contributed by atoms with Crippen LogP contribution in [0.1, 0.15) is 10.9 Å². The molecule has 0 aromatic carbocycles. The number of amides is 1. The fraction of sp³-hybridized carbons (Fsp3) is 0.643. The summed E-state index contributed by atoms with van der Waals surface area (Å²) in [6.07, 6.45) is 0. The maximum Gasteiger partial charge on any atom is 0.245 e. The standard InChI is InChI=1S/C14H21N3O2S/c18-14(17-7-9-19-10-8-17)13(12-2-1-11-20-12)16-5-3-15-4-6-16/h1-2,11,13,15H,3-10H2. The average Bonchev–Trinajstić information content (AvgIpc) is 3.03. The molecule has 1 amide bonds. The summed E-state index contributed by atoms with van der Waals surface area (Å²) >= 11 is 1.68. The number of morpholine rings is 1. The summed E-state index contributed by atoms with van der Waals surface area (Å²) in [7, 11) is 0. The van der Waals surface area contributed by atoms with E-state index in [0.29, 0.717) is 26.3 Å². The number of nitrogens with one attached hydrogen (secondary N) is 1. The minimum absolute atomic E-state index is 0.116. The van der Waals surface area contributed by atoms with Crippen LogP contribution < -0.4 is 5.32 Å². The lowest BCUT2D eigenvalue weighted by Gasteiger charge is -2.37. The molecule has 0 spiro atoms.